The highest BCUT2D eigenvalue weighted by Gasteiger charge is 1.86. The summed E-state index contributed by atoms with van der Waals surface area (Å²) in [6.45, 7) is 1.99. The van der Waals surface area contributed by atoms with Crippen LogP contribution in [0, 0.1) is 6.92 Å². The van der Waals surface area contributed by atoms with Crippen molar-refractivity contribution in [2.75, 3.05) is 0 Å². The summed E-state index contributed by atoms with van der Waals surface area (Å²) in [5.41, 5.74) is 1.13. The molecule has 0 N–H and O–H groups in total. The molecular weight excluding hydrogens is 296 g/mol. The number of benzene rings is 2. The predicted molar refractivity (Wildman–Crippen MR) is 78.9 cm³/mol. The van der Waals surface area contributed by atoms with Gasteiger partial charge in [-0.1, -0.05) is 63.9 Å². The van der Waals surface area contributed by atoms with Crippen LogP contribution in [0.25, 0.3) is 0 Å². The van der Waals surface area contributed by atoms with Gasteiger partial charge in [0.1, 0.15) is 0 Å². The van der Waals surface area contributed by atoms with Crippen molar-refractivity contribution in [3.05, 3.63) is 69.7 Å². The van der Waals surface area contributed by atoms with Crippen molar-refractivity contribution < 1.29 is 0 Å². The highest BCUT2D eigenvalue weighted by molar-refractivity contribution is 9.10. The molecule has 0 bridgehead atoms. The molecule has 0 fully saturated rings. The highest BCUT2D eigenvalue weighted by Crippen LogP contribution is 2.11. The van der Waals surface area contributed by atoms with Crippen molar-refractivity contribution in [1.82, 2.24) is 0 Å². The topological polar surface area (TPSA) is 0 Å². The van der Waals surface area contributed by atoms with Gasteiger partial charge >= 0.3 is 23.1 Å². The fourth-order valence-corrected chi connectivity index (χ4v) is 1.41. The van der Waals surface area contributed by atoms with Gasteiger partial charge in [-0.2, -0.15) is 0 Å². The SMILES string of the molecule is Brc1ccccc1.Cc1ccccc1Cl.[MgH2]. The monoisotopic (exact) mass is 308 g/mol. The maximum Gasteiger partial charge on any atom is 0.316 e. The molecule has 0 saturated heterocycles. The van der Waals surface area contributed by atoms with E-state index in [0.29, 0.717) is 0 Å². The van der Waals surface area contributed by atoms with Crippen molar-refractivity contribution in [3.8, 4) is 0 Å². The Hall–Kier alpha value is -0.0238. The first kappa shape index (κ1) is 16.0. The second kappa shape index (κ2) is 9.05. The average molecular weight is 310 g/mol. The summed E-state index contributed by atoms with van der Waals surface area (Å²) in [6.07, 6.45) is 0. The molecule has 16 heavy (non-hydrogen) atoms. The lowest BCUT2D eigenvalue weighted by Gasteiger charge is -1.90. The molecule has 0 heterocycles. The molecule has 2 rings (SSSR count). The van der Waals surface area contributed by atoms with E-state index in [1.807, 2.05) is 61.5 Å². The molecule has 0 unspecified atom stereocenters. The summed E-state index contributed by atoms with van der Waals surface area (Å²) in [5, 5.41) is 0.840. The standard InChI is InChI=1S/C7H7Cl.C6H5Br.Mg.2H/c1-6-4-2-3-5-7(6)8;7-6-4-2-1-3-5-6;;;/h2-5H,1H3;1-5H;;;. The van der Waals surface area contributed by atoms with Gasteiger partial charge < -0.3 is 0 Å². The van der Waals surface area contributed by atoms with Crippen LogP contribution >= 0.6 is 27.5 Å². The molecule has 0 radical (unpaired) electrons. The number of hydrogen-bond acceptors (Lipinski definition) is 0. The molecule has 0 aliphatic heterocycles. The Balaban J connectivity index is 0.000000267. The van der Waals surface area contributed by atoms with Crippen LogP contribution in [0.5, 0.6) is 0 Å². The molecule has 0 nitrogen and oxygen atoms in total. The Morgan fingerprint density at radius 1 is 0.875 bits per heavy atom. The van der Waals surface area contributed by atoms with Crippen LogP contribution in [0.4, 0.5) is 0 Å². The van der Waals surface area contributed by atoms with E-state index in [1.165, 1.54) is 0 Å². The molecular formula is C13H14BrClMg. The zero-order chi connectivity index (χ0) is 11.1. The van der Waals surface area contributed by atoms with Crippen molar-refractivity contribution in [3.63, 3.8) is 0 Å². The van der Waals surface area contributed by atoms with Crippen LogP contribution in [-0.2, 0) is 0 Å². The molecule has 0 aliphatic rings. The van der Waals surface area contributed by atoms with Gasteiger partial charge in [0.05, 0.1) is 0 Å². The highest BCUT2D eigenvalue weighted by atomic mass is 79.9. The Labute approximate surface area is 126 Å². The second-order valence-electron chi connectivity index (χ2n) is 3.04. The third kappa shape index (κ3) is 6.54. The van der Waals surface area contributed by atoms with Crippen LogP contribution in [0.2, 0.25) is 5.02 Å². The van der Waals surface area contributed by atoms with E-state index in [-0.39, 0.29) is 23.1 Å². The quantitative estimate of drug-likeness (QED) is 0.640. The van der Waals surface area contributed by atoms with Gasteiger partial charge in [-0.3, -0.25) is 0 Å². The summed E-state index contributed by atoms with van der Waals surface area (Å²) < 4.78 is 1.13. The summed E-state index contributed by atoms with van der Waals surface area (Å²) in [5.74, 6) is 0. The number of aryl methyl sites for hydroxylation is 1. The lowest BCUT2D eigenvalue weighted by Crippen LogP contribution is -1.68. The maximum atomic E-state index is 5.71. The Morgan fingerprint density at radius 2 is 1.38 bits per heavy atom. The minimum absolute atomic E-state index is 0. The summed E-state index contributed by atoms with van der Waals surface area (Å²) in [7, 11) is 0. The lowest BCUT2D eigenvalue weighted by atomic mass is 10.2. The largest absolute Gasteiger partial charge is 0.316 e. The van der Waals surface area contributed by atoms with Crippen LogP contribution in [0.15, 0.2) is 59.1 Å². The minimum atomic E-state index is 0. The van der Waals surface area contributed by atoms with E-state index in [0.717, 1.165) is 15.1 Å². The fourth-order valence-electron chi connectivity index (χ4n) is 0.966. The Kier molecular flexibility index (Phi) is 9.04. The zero-order valence-electron chi connectivity index (χ0n) is 8.45. The van der Waals surface area contributed by atoms with Crippen LogP contribution in [-0.4, -0.2) is 23.1 Å². The van der Waals surface area contributed by atoms with Gasteiger partial charge in [-0.25, -0.2) is 0 Å². The van der Waals surface area contributed by atoms with Crippen LogP contribution < -0.4 is 0 Å². The molecule has 0 aliphatic carbocycles. The number of hydrogen-bond donors (Lipinski definition) is 0. The molecule has 3 heteroatoms. The van der Waals surface area contributed by atoms with E-state index in [1.54, 1.807) is 0 Å². The van der Waals surface area contributed by atoms with Crippen LogP contribution in [0.3, 0.4) is 0 Å². The Morgan fingerprint density at radius 3 is 1.69 bits per heavy atom. The first-order chi connectivity index (χ1) is 7.20. The second-order valence-corrected chi connectivity index (χ2v) is 4.37. The van der Waals surface area contributed by atoms with Gasteiger partial charge in [0, 0.05) is 9.50 Å². The minimum Gasteiger partial charge on any atom is -0.0841 e. The van der Waals surface area contributed by atoms with Gasteiger partial charge in [0.15, 0.2) is 0 Å². The molecule has 0 amide bonds. The molecule has 0 spiro atoms. The number of halogens is 2. The smallest absolute Gasteiger partial charge is 0.0841 e. The summed E-state index contributed by atoms with van der Waals surface area (Å²) in [4.78, 5) is 0. The van der Waals surface area contributed by atoms with Crippen molar-refractivity contribution >= 4 is 50.6 Å². The molecule has 2 aromatic carbocycles. The van der Waals surface area contributed by atoms with Gasteiger partial charge in [0.2, 0.25) is 0 Å². The molecule has 0 aromatic heterocycles. The third-order valence-corrected chi connectivity index (χ3v) is 2.76. The van der Waals surface area contributed by atoms with Crippen molar-refractivity contribution in [2.45, 2.75) is 6.92 Å². The van der Waals surface area contributed by atoms with E-state index in [9.17, 15) is 0 Å². The van der Waals surface area contributed by atoms with Gasteiger partial charge in [-0.15, -0.1) is 0 Å². The van der Waals surface area contributed by atoms with E-state index in [2.05, 4.69) is 15.9 Å². The number of rotatable bonds is 0. The van der Waals surface area contributed by atoms with Gasteiger partial charge in [0.25, 0.3) is 0 Å². The van der Waals surface area contributed by atoms with Crippen molar-refractivity contribution in [2.24, 2.45) is 0 Å². The molecule has 0 atom stereocenters. The van der Waals surface area contributed by atoms with Gasteiger partial charge in [-0.05, 0) is 30.7 Å². The normalized spacial score (nSPS) is 8.44. The maximum absolute atomic E-state index is 5.71. The predicted octanol–water partition coefficient (Wildman–Crippen LogP) is 4.18. The molecule has 0 saturated carbocycles. The van der Waals surface area contributed by atoms with E-state index < -0.39 is 0 Å². The molecule has 2 aromatic rings. The third-order valence-electron chi connectivity index (χ3n) is 1.81. The average Bonchev–Trinajstić information content (AvgIpc) is 2.25. The Bertz CT molecular complexity index is 383. The summed E-state index contributed by atoms with van der Waals surface area (Å²) >= 11 is 9.02. The lowest BCUT2D eigenvalue weighted by molar-refractivity contribution is 1.47. The first-order valence-electron chi connectivity index (χ1n) is 4.62. The summed E-state index contributed by atoms with van der Waals surface area (Å²) in [6, 6.07) is 17.7. The fraction of sp³-hybridized carbons (Fsp3) is 0.0769. The van der Waals surface area contributed by atoms with E-state index >= 15 is 0 Å². The zero-order valence-corrected chi connectivity index (χ0v) is 10.8. The van der Waals surface area contributed by atoms with Crippen molar-refractivity contribution in [1.29, 1.82) is 0 Å². The first-order valence-corrected chi connectivity index (χ1v) is 5.79. The molecule has 82 valence electrons. The van der Waals surface area contributed by atoms with E-state index in [4.69, 9.17) is 11.6 Å². The van der Waals surface area contributed by atoms with Crippen LogP contribution in [0.1, 0.15) is 5.56 Å².